The molecule has 0 fully saturated rings. The first-order chi connectivity index (χ1) is 36.6. The van der Waals surface area contributed by atoms with Gasteiger partial charge in [0.2, 0.25) is 0 Å². The van der Waals surface area contributed by atoms with Crippen LogP contribution >= 0.6 is 0 Å². The van der Waals surface area contributed by atoms with E-state index in [0.717, 1.165) is 89.3 Å². The molecule has 9 rings (SSSR count). The molecule has 0 aliphatic rings. The summed E-state index contributed by atoms with van der Waals surface area (Å²) < 4.78 is 61.2. The summed E-state index contributed by atoms with van der Waals surface area (Å²) >= 11 is 0. The Hall–Kier alpha value is -6.94. The second-order valence-corrected chi connectivity index (χ2v) is 17.3. The van der Waals surface area contributed by atoms with Crippen molar-refractivity contribution in [1.29, 1.82) is 0 Å². The lowest BCUT2D eigenvalue weighted by Crippen LogP contribution is -2.12. The molecule has 0 aliphatic carbocycles. The highest BCUT2D eigenvalue weighted by molar-refractivity contribution is 6.12. The van der Waals surface area contributed by atoms with Crippen LogP contribution in [0.3, 0.4) is 0 Å². The number of rotatable bonds is 31. The number of nitrogens with zero attached hydrogens (tertiary/aromatic N) is 3. The minimum absolute atomic E-state index is 0.419. The fraction of sp³-hybridized carbons (Fsp3) is 0.311. The molecular formula is C61H67N3O10. The van der Waals surface area contributed by atoms with Crippen molar-refractivity contribution in [2.75, 3.05) is 118 Å². The Bertz CT molecular complexity index is 2960. The van der Waals surface area contributed by atoms with E-state index in [1.165, 1.54) is 0 Å². The third-order valence-corrected chi connectivity index (χ3v) is 12.6. The van der Waals surface area contributed by atoms with Crippen LogP contribution < -0.4 is 19.1 Å². The molecule has 74 heavy (non-hydrogen) atoms. The topological polar surface area (TPSA) is 105 Å². The van der Waals surface area contributed by atoms with Crippen LogP contribution in [0.1, 0.15) is 13.8 Å². The van der Waals surface area contributed by atoms with E-state index in [9.17, 15) is 0 Å². The quantitative estimate of drug-likeness (QED) is 0.0388. The average molecular weight is 1000 g/mol. The molecule has 0 N–H and O–H groups in total. The van der Waals surface area contributed by atoms with Crippen molar-refractivity contribution in [2.24, 2.45) is 0 Å². The number of anilines is 3. The third-order valence-electron chi connectivity index (χ3n) is 12.6. The molecule has 0 aliphatic heterocycles. The Labute approximate surface area is 433 Å². The second-order valence-electron chi connectivity index (χ2n) is 17.3. The van der Waals surface area contributed by atoms with Gasteiger partial charge in [0.15, 0.2) is 0 Å². The first-order valence-corrected chi connectivity index (χ1v) is 25.7. The monoisotopic (exact) mass is 1000 g/mol. The Balaban J connectivity index is 1.02. The minimum Gasteiger partial charge on any atom is -0.491 e. The molecule has 7 aromatic carbocycles. The number of hydrogen-bond donors (Lipinski definition) is 0. The Morgan fingerprint density at radius 2 is 0.662 bits per heavy atom. The molecule has 0 unspecified atom stereocenters. The Morgan fingerprint density at radius 1 is 0.324 bits per heavy atom. The fourth-order valence-electron chi connectivity index (χ4n) is 9.13. The van der Waals surface area contributed by atoms with Gasteiger partial charge in [-0.3, -0.25) is 0 Å². The van der Waals surface area contributed by atoms with E-state index in [-0.39, 0.29) is 0 Å². The van der Waals surface area contributed by atoms with E-state index < -0.39 is 0 Å². The average Bonchev–Trinajstić information content (AvgIpc) is 3.96. The lowest BCUT2D eigenvalue weighted by Gasteiger charge is -2.26. The normalized spacial score (nSPS) is 11.6. The molecule has 386 valence electrons. The van der Waals surface area contributed by atoms with Gasteiger partial charge in [0.25, 0.3) is 0 Å². The lowest BCUT2D eigenvalue weighted by molar-refractivity contribution is 0.0180. The zero-order chi connectivity index (χ0) is 50.7. The van der Waals surface area contributed by atoms with Gasteiger partial charge in [-0.25, -0.2) is 0 Å². The number of ether oxygens (including phenoxy) is 10. The molecular weight excluding hydrogens is 935 g/mol. The zero-order valence-corrected chi connectivity index (χ0v) is 42.7. The molecule has 9 aromatic rings. The molecule has 0 radical (unpaired) electrons. The fourth-order valence-corrected chi connectivity index (χ4v) is 9.13. The van der Waals surface area contributed by atoms with E-state index >= 15 is 0 Å². The van der Waals surface area contributed by atoms with Crippen molar-refractivity contribution >= 4 is 60.7 Å². The van der Waals surface area contributed by atoms with E-state index in [0.29, 0.717) is 106 Å². The maximum atomic E-state index is 6.15. The summed E-state index contributed by atoms with van der Waals surface area (Å²) in [6.07, 6.45) is 0. The second kappa shape index (κ2) is 26.8. The summed E-state index contributed by atoms with van der Waals surface area (Å²) in [7, 11) is 1.66. The van der Waals surface area contributed by atoms with Gasteiger partial charge in [-0.15, -0.1) is 0 Å². The van der Waals surface area contributed by atoms with Gasteiger partial charge < -0.3 is 61.4 Å². The number of hydrogen-bond acceptors (Lipinski definition) is 11. The first-order valence-electron chi connectivity index (χ1n) is 25.7. The van der Waals surface area contributed by atoms with Crippen molar-refractivity contribution in [2.45, 2.75) is 13.8 Å². The van der Waals surface area contributed by atoms with E-state index in [4.69, 9.17) is 47.4 Å². The van der Waals surface area contributed by atoms with Crippen LogP contribution in [-0.4, -0.2) is 122 Å². The van der Waals surface area contributed by atoms with Crippen molar-refractivity contribution in [3.63, 3.8) is 0 Å². The maximum Gasteiger partial charge on any atom is 0.119 e. The smallest absolute Gasteiger partial charge is 0.119 e. The highest BCUT2D eigenvalue weighted by Crippen LogP contribution is 2.43. The van der Waals surface area contributed by atoms with Gasteiger partial charge in [0.1, 0.15) is 37.1 Å². The third kappa shape index (κ3) is 12.9. The van der Waals surface area contributed by atoms with Crippen molar-refractivity contribution in [3.8, 4) is 28.6 Å². The van der Waals surface area contributed by atoms with Crippen LogP contribution in [0.2, 0.25) is 0 Å². The van der Waals surface area contributed by atoms with Crippen LogP contribution in [0, 0.1) is 0 Å². The van der Waals surface area contributed by atoms with Gasteiger partial charge in [-0.1, -0.05) is 36.4 Å². The number of aromatic nitrogens is 2. The molecule has 0 saturated carbocycles. The number of para-hydroxylation sites is 2. The van der Waals surface area contributed by atoms with Gasteiger partial charge in [-0.2, -0.15) is 0 Å². The highest BCUT2D eigenvalue weighted by Gasteiger charge is 2.20. The van der Waals surface area contributed by atoms with Gasteiger partial charge in [-0.05, 0) is 135 Å². The highest BCUT2D eigenvalue weighted by atomic mass is 16.6. The first kappa shape index (κ1) is 51.9. The van der Waals surface area contributed by atoms with Crippen LogP contribution in [0.15, 0.2) is 158 Å². The van der Waals surface area contributed by atoms with E-state index in [2.05, 4.69) is 135 Å². The SMILES string of the molecule is CCOCCOCCOc1ccc(-n2c3ccccc3c3cc(N(c4ccc(OCCOCCOCCOC)cc4)c4ccc5c(c4)c4ccccc4n5-c4ccc(OCCOCCOCC)cc4)ccc32)cc1. The summed E-state index contributed by atoms with van der Waals surface area (Å²) in [6.45, 7) is 12.5. The molecule has 2 heterocycles. The maximum absolute atomic E-state index is 6.15. The standard InChI is InChI=1S/C61H67N3O10/c1-4-66-32-34-69-38-41-73-52-24-16-47(17-25-52)63-58-12-8-6-10-54(58)56-44-49(20-28-60(56)63)62(46-14-22-51(23-15-46)72-43-40-71-37-36-68-31-30-65-3)50-21-29-61-57(45-50)55-11-7-9-13-59(55)64(61)48-18-26-53(27-19-48)74-42-39-70-35-33-67-5-2/h6-29,44-45H,4-5,30-43H2,1-3H3. The van der Waals surface area contributed by atoms with E-state index in [1.807, 2.05) is 50.2 Å². The molecule has 0 saturated heterocycles. The molecule has 13 heteroatoms. The molecule has 13 nitrogen and oxygen atoms in total. The zero-order valence-electron chi connectivity index (χ0n) is 42.7. The molecule has 0 spiro atoms. The predicted molar refractivity (Wildman–Crippen MR) is 294 cm³/mol. The summed E-state index contributed by atoms with van der Waals surface area (Å²) in [6, 6.07) is 55.5. The van der Waals surface area contributed by atoms with Gasteiger partial charge in [0.05, 0.1) is 94.7 Å². The summed E-state index contributed by atoms with van der Waals surface area (Å²) in [5, 5.41) is 4.58. The Morgan fingerprint density at radius 3 is 1.07 bits per heavy atom. The van der Waals surface area contributed by atoms with Crippen molar-refractivity contribution < 1.29 is 47.4 Å². The summed E-state index contributed by atoms with van der Waals surface area (Å²) in [5.74, 6) is 2.34. The van der Waals surface area contributed by atoms with Crippen molar-refractivity contribution in [3.05, 3.63) is 158 Å². The molecule has 0 atom stereocenters. The van der Waals surface area contributed by atoms with Gasteiger partial charge >= 0.3 is 0 Å². The summed E-state index contributed by atoms with van der Waals surface area (Å²) in [5.41, 5.74) is 9.52. The minimum atomic E-state index is 0.419. The lowest BCUT2D eigenvalue weighted by atomic mass is 10.1. The predicted octanol–water partition coefficient (Wildman–Crippen LogP) is 12.3. The van der Waals surface area contributed by atoms with Crippen LogP contribution in [-0.2, 0) is 33.2 Å². The Kier molecular flexibility index (Phi) is 18.8. The number of fused-ring (bicyclic) bond motifs is 6. The molecule has 0 amide bonds. The van der Waals surface area contributed by atoms with Crippen molar-refractivity contribution in [1.82, 2.24) is 9.13 Å². The van der Waals surface area contributed by atoms with Gasteiger partial charge in [0, 0.05) is 70.3 Å². The van der Waals surface area contributed by atoms with Crippen LogP contribution in [0.5, 0.6) is 17.2 Å². The van der Waals surface area contributed by atoms with E-state index in [1.54, 1.807) is 7.11 Å². The van der Waals surface area contributed by atoms with Crippen LogP contribution in [0.4, 0.5) is 17.1 Å². The van der Waals surface area contributed by atoms with Crippen LogP contribution in [0.25, 0.3) is 55.0 Å². The number of benzene rings is 7. The molecule has 2 aromatic heterocycles. The molecule has 0 bridgehead atoms. The largest absolute Gasteiger partial charge is 0.491 e. The number of methoxy groups -OCH3 is 1. The summed E-state index contributed by atoms with van der Waals surface area (Å²) in [4.78, 5) is 2.33.